The smallest absolute Gasteiger partial charge is 0.326 e. The summed E-state index contributed by atoms with van der Waals surface area (Å²) in [6.07, 6.45) is 1.33. The van der Waals surface area contributed by atoms with Gasteiger partial charge in [0.1, 0.15) is 6.04 Å². The highest BCUT2D eigenvalue weighted by molar-refractivity contribution is 5.83. The predicted octanol–water partition coefficient (Wildman–Crippen LogP) is 1.18. The van der Waals surface area contributed by atoms with Gasteiger partial charge in [-0.1, -0.05) is 13.8 Å². The van der Waals surface area contributed by atoms with Gasteiger partial charge < -0.3 is 19.8 Å². The van der Waals surface area contributed by atoms with Crippen LogP contribution in [0.5, 0.6) is 0 Å². The van der Waals surface area contributed by atoms with Gasteiger partial charge in [-0.15, -0.1) is 0 Å². The molecule has 1 aliphatic heterocycles. The number of hydrogen-bond acceptors (Lipinski definition) is 3. The number of nitrogens with zero attached hydrogens (tertiary/aromatic N) is 3. The molecule has 0 aromatic carbocycles. The molecule has 6 heteroatoms. The molecule has 1 N–H and O–H groups in total. The van der Waals surface area contributed by atoms with Gasteiger partial charge in [-0.3, -0.25) is 0 Å². The molecule has 1 atom stereocenters. The Bertz CT molecular complexity index is 345. The molecule has 0 aliphatic carbocycles. The Labute approximate surface area is 121 Å². The lowest BCUT2D eigenvalue weighted by Crippen LogP contribution is -2.50. The predicted molar refractivity (Wildman–Crippen MR) is 77.7 cm³/mol. The van der Waals surface area contributed by atoms with Crippen LogP contribution in [-0.4, -0.2) is 78.1 Å². The molecule has 1 heterocycles. The molecule has 0 spiro atoms. The van der Waals surface area contributed by atoms with Crippen LogP contribution in [0.15, 0.2) is 0 Å². The van der Waals surface area contributed by atoms with E-state index in [4.69, 9.17) is 0 Å². The number of amides is 2. The summed E-state index contributed by atoms with van der Waals surface area (Å²) < 4.78 is 0. The minimum atomic E-state index is -0.895. The van der Waals surface area contributed by atoms with E-state index in [0.29, 0.717) is 32.0 Å². The fourth-order valence-electron chi connectivity index (χ4n) is 2.46. The van der Waals surface area contributed by atoms with Gasteiger partial charge in [-0.2, -0.15) is 0 Å². The maximum atomic E-state index is 12.6. The molecule has 1 rings (SSSR count). The average Bonchev–Trinajstić information content (AvgIpc) is 2.82. The van der Waals surface area contributed by atoms with E-state index >= 15 is 0 Å². The summed E-state index contributed by atoms with van der Waals surface area (Å²) in [5.74, 6) is -0.528. The van der Waals surface area contributed by atoms with Crippen molar-refractivity contribution >= 4 is 12.0 Å². The summed E-state index contributed by atoms with van der Waals surface area (Å²) in [5, 5.41) is 9.19. The van der Waals surface area contributed by atoms with Gasteiger partial charge in [0.05, 0.1) is 0 Å². The summed E-state index contributed by atoms with van der Waals surface area (Å²) in [4.78, 5) is 29.1. The van der Waals surface area contributed by atoms with Crippen molar-refractivity contribution in [1.29, 1.82) is 0 Å². The van der Waals surface area contributed by atoms with Crippen LogP contribution in [0.4, 0.5) is 4.79 Å². The van der Waals surface area contributed by atoms with E-state index in [1.165, 1.54) is 4.90 Å². The van der Waals surface area contributed by atoms with Crippen LogP contribution < -0.4 is 0 Å². The highest BCUT2D eigenvalue weighted by Crippen LogP contribution is 2.19. The molecule has 0 unspecified atom stereocenters. The number of carboxylic acids is 1. The van der Waals surface area contributed by atoms with Crippen molar-refractivity contribution in [3.05, 3.63) is 0 Å². The second kappa shape index (κ2) is 7.47. The highest BCUT2D eigenvalue weighted by atomic mass is 16.4. The zero-order valence-electron chi connectivity index (χ0n) is 13.0. The van der Waals surface area contributed by atoms with E-state index in [9.17, 15) is 14.7 Å². The summed E-state index contributed by atoms with van der Waals surface area (Å²) in [6, 6.07) is -0.790. The second-order valence-electron chi connectivity index (χ2n) is 6.12. The van der Waals surface area contributed by atoms with Crippen LogP contribution in [0.25, 0.3) is 0 Å². The molecule has 2 amide bonds. The van der Waals surface area contributed by atoms with Gasteiger partial charge in [0.25, 0.3) is 0 Å². The molecule has 20 heavy (non-hydrogen) atoms. The largest absolute Gasteiger partial charge is 0.480 e. The van der Waals surface area contributed by atoms with E-state index in [-0.39, 0.29) is 6.03 Å². The Morgan fingerprint density at radius 1 is 1.30 bits per heavy atom. The van der Waals surface area contributed by atoms with Crippen molar-refractivity contribution < 1.29 is 14.7 Å². The first-order valence-corrected chi connectivity index (χ1v) is 7.26. The van der Waals surface area contributed by atoms with E-state index in [0.717, 1.165) is 13.0 Å². The van der Waals surface area contributed by atoms with Gasteiger partial charge >= 0.3 is 12.0 Å². The topological polar surface area (TPSA) is 64.1 Å². The highest BCUT2D eigenvalue weighted by Gasteiger charge is 2.36. The standard InChI is InChI=1S/C14H27N3O3/c1-11(2)10-16(9-8-15(3)4)14(20)17-7-5-6-12(17)13(18)19/h11-12H,5-10H2,1-4H3,(H,18,19)/t12-/m0/s1. The van der Waals surface area contributed by atoms with Crippen molar-refractivity contribution in [2.24, 2.45) is 5.92 Å². The lowest BCUT2D eigenvalue weighted by atomic mass is 10.2. The number of carbonyl (C=O) groups is 2. The molecule has 0 aromatic heterocycles. The fraction of sp³-hybridized carbons (Fsp3) is 0.857. The Morgan fingerprint density at radius 2 is 1.95 bits per heavy atom. The van der Waals surface area contributed by atoms with Gasteiger partial charge in [0.15, 0.2) is 0 Å². The third-order valence-electron chi connectivity index (χ3n) is 3.46. The minimum Gasteiger partial charge on any atom is -0.480 e. The normalized spacial score (nSPS) is 18.9. The monoisotopic (exact) mass is 285 g/mol. The molecule has 1 saturated heterocycles. The number of urea groups is 1. The van der Waals surface area contributed by atoms with Crippen LogP contribution in [0, 0.1) is 5.92 Å². The van der Waals surface area contributed by atoms with Gasteiger partial charge in [0, 0.05) is 26.2 Å². The Kier molecular flexibility index (Phi) is 6.26. The van der Waals surface area contributed by atoms with E-state index in [1.807, 2.05) is 19.0 Å². The average molecular weight is 285 g/mol. The summed E-state index contributed by atoms with van der Waals surface area (Å²) >= 11 is 0. The van der Waals surface area contributed by atoms with E-state index < -0.39 is 12.0 Å². The molecular weight excluding hydrogens is 258 g/mol. The number of aliphatic carboxylic acids is 1. The zero-order chi connectivity index (χ0) is 15.3. The van der Waals surface area contributed by atoms with Crippen LogP contribution in [0.1, 0.15) is 26.7 Å². The number of hydrogen-bond donors (Lipinski definition) is 1. The lowest BCUT2D eigenvalue weighted by molar-refractivity contribution is -0.141. The van der Waals surface area contributed by atoms with E-state index in [2.05, 4.69) is 13.8 Å². The van der Waals surface area contributed by atoms with Gasteiger partial charge in [-0.25, -0.2) is 9.59 Å². The van der Waals surface area contributed by atoms with Crippen molar-refractivity contribution in [1.82, 2.24) is 14.7 Å². The summed E-state index contributed by atoms with van der Waals surface area (Å²) in [6.45, 7) is 6.75. The minimum absolute atomic E-state index is 0.134. The molecule has 0 bridgehead atoms. The van der Waals surface area contributed by atoms with Crippen LogP contribution in [-0.2, 0) is 4.79 Å². The molecule has 0 aromatic rings. The molecule has 6 nitrogen and oxygen atoms in total. The molecular formula is C14H27N3O3. The lowest BCUT2D eigenvalue weighted by Gasteiger charge is -2.32. The summed E-state index contributed by atoms with van der Waals surface area (Å²) in [7, 11) is 3.93. The number of likely N-dealkylation sites (N-methyl/N-ethyl adjacent to an activating group) is 1. The number of carbonyl (C=O) groups excluding carboxylic acids is 1. The number of carboxylic acid groups (broad SMARTS) is 1. The maximum absolute atomic E-state index is 12.6. The van der Waals surface area contributed by atoms with Crippen LogP contribution >= 0.6 is 0 Å². The fourth-order valence-corrected chi connectivity index (χ4v) is 2.46. The van der Waals surface area contributed by atoms with Gasteiger partial charge in [-0.05, 0) is 32.9 Å². The molecule has 1 fully saturated rings. The third-order valence-corrected chi connectivity index (χ3v) is 3.46. The molecule has 0 saturated carbocycles. The van der Waals surface area contributed by atoms with Crippen LogP contribution in [0.3, 0.4) is 0 Å². The van der Waals surface area contributed by atoms with Crippen molar-refractivity contribution in [3.63, 3.8) is 0 Å². The van der Waals surface area contributed by atoms with E-state index in [1.54, 1.807) is 4.90 Å². The second-order valence-corrected chi connectivity index (χ2v) is 6.12. The Morgan fingerprint density at radius 3 is 2.45 bits per heavy atom. The maximum Gasteiger partial charge on any atom is 0.326 e. The van der Waals surface area contributed by atoms with Crippen molar-refractivity contribution in [2.45, 2.75) is 32.7 Å². The first-order valence-electron chi connectivity index (χ1n) is 7.26. The first-order chi connectivity index (χ1) is 9.32. The number of likely N-dealkylation sites (tertiary alicyclic amines) is 1. The summed E-state index contributed by atoms with van der Waals surface area (Å²) in [5.41, 5.74) is 0. The molecule has 0 radical (unpaired) electrons. The SMILES string of the molecule is CC(C)CN(CCN(C)C)C(=O)N1CCC[C@H]1C(=O)O. The van der Waals surface area contributed by atoms with Crippen LogP contribution in [0.2, 0.25) is 0 Å². The Balaban J connectivity index is 2.72. The van der Waals surface area contributed by atoms with Crippen molar-refractivity contribution in [3.8, 4) is 0 Å². The molecule has 116 valence electrons. The molecule has 1 aliphatic rings. The first kappa shape index (κ1) is 16.8. The number of rotatable bonds is 6. The van der Waals surface area contributed by atoms with Crippen molar-refractivity contribution in [2.75, 3.05) is 40.3 Å². The quantitative estimate of drug-likeness (QED) is 0.796. The third kappa shape index (κ3) is 4.67. The zero-order valence-corrected chi connectivity index (χ0v) is 13.0. The Hall–Kier alpha value is -1.30. The van der Waals surface area contributed by atoms with Gasteiger partial charge in [0.2, 0.25) is 0 Å².